The molecule has 0 aliphatic carbocycles. The molecule has 0 saturated carbocycles. The smallest absolute Gasteiger partial charge is 0.188 e. The number of ether oxygens (including phenoxy) is 1. The van der Waals surface area contributed by atoms with E-state index >= 15 is 0 Å². The third-order valence-electron chi connectivity index (χ3n) is 6.49. The number of benzene rings is 3. The third kappa shape index (κ3) is 2.41. The largest absolute Gasteiger partial charge is 0.508 e. The zero-order valence-electron chi connectivity index (χ0n) is 17.4. The summed E-state index contributed by atoms with van der Waals surface area (Å²) in [5.41, 5.74) is 11.2. The van der Waals surface area contributed by atoms with E-state index in [0.717, 1.165) is 10.8 Å². The van der Waals surface area contributed by atoms with E-state index in [-0.39, 0.29) is 11.3 Å². The number of rotatable bonds is 2. The van der Waals surface area contributed by atoms with Gasteiger partial charge in [0.1, 0.15) is 11.5 Å². The number of nitrogen functional groups attached to an aromatic ring is 1. The van der Waals surface area contributed by atoms with Crippen molar-refractivity contribution in [3.05, 3.63) is 64.7 Å². The van der Waals surface area contributed by atoms with Crippen LogP contribution in [0.2, 0.25) is 0 Å². The fraction of sp³-hybridized carbons (Fsp3) is 0.333. The lowest BCUT2D eigenvalue weighted by atomic mass is 9.87. The number of aromatic hydroxyl groups is 1. The van der Waals surface area contributed by atoms with Gasteiger partial charge in [0.05, 0.1) is 5.69 Å². The molecule has 1 atom stereocenters. The molecule has 1 aliphatic heterocycles. The van der Waals surface area contributed by atoms with E-state index in [1.165, 1.54) is 22.3 Å². The number of hydrogen-bond acceptors (Lipinski definition) is 4. The number of aryl methyl sites for hydroxylation is 2. The van der Waals surface area contributed by atoms with Crippen LogP contribution in [0.5, 0.6) is 11.5 Å². The molecule has 0 amide bonds. The van der Waals surface area contributed by atoms with E-state index in [2.05, 4.69) is 58.7 Å². The van der Waals surface area contributed by atoms with Crippen molar-refractivity contribution in [2.45, 2.75) is 45.9 Å². The topological polar surface area (TPSA) is 58.7 Å². The van der Waals surface area contributed by atoms with Gasteiger partial charge in [-0.25, -0.2) is 0 Å². The van der Waals surface area contributed by atoms with Gasteiger partial charge < -0.3 is 15.6 Å². The Morgan fingerprint density at radius 2 is 1.54 bits per heavy atom. The summed E-state index contributed by atoms with van der Waals surface area (Å²) in [5, 5.41) is 11.6. The van der Waals surface area contributed by atoms with Crippen molar-refractivity contribution < 1.29 is 9.84 Å². The van der Waals surface area contributed by atoms with Crippen LogP contribution in [-0.2, 0) is 11.3 Å². The van der Waals surface area contributed by atoms with Gasteiger partial charge in [0, 0.05) is 16.5 Å². The summed E-state index contributed by atoms with van der Waals surface area (Å²) < 4.78 is 6.67. The first-order valence-corrected chi connectivity index (χ1v) is 9.62. The zero-order valence-corrected chi connectivity index (χ0v) is 17.4. The Balaban J connectivity index is 1.91. The highest BCUT2D eigenvalue weighted by atomic mass is 16.5. The van der Waals surface area contributed by atoms with Crippen LogP contribution in [0.4, 0.5) is 5.69 Å². The maximum atomic E-state index is 9.88. The van der Waals surface area contributed by atoms with E-state index in [1.54, 1.807) is 12.1 Å². The fourth-order valence-electron chi connectivity index (χ4n) is 4.80. The van der Waals surface area contributed by atoms with Gasteiger partial charge in [-0.2, -0.15) is 0 Å². The van der Waals surface area contributed by atoms with Crippen LogP contribution in [0.25, 0.3) is 10.8 Å². The van der Waals surface area contributed by atoms with Crippen molar-refractivity contribution >= 4 is 16.5 Å². The number of phenolic OH excluding ortho intramolecular Hbond substituents is 1. The van der Waals surface area contributed by atoms with Gasteiger partial charge in [-0.1, -0.05) is 24.3 Å². The Morgan fingerprint density at radius 3 is 2.21 bits per heavy atom. The van der Waals surface area contributed by atoms with E-state index in [9.17, 15) is 5.11 Å². The average Bonchev–Trinajstić information content (AvgIpc) is 2.80. The number of nitrogens with zero attached hydrogens (tertiary/aromatic N) is 1. The first kappa shape index (κ1) is 18.6. The molecule has 0 saturated heterocycles. The Kier molecular flexibility index (Phi) is 3.92. The number of phenols is 1. The quantitative estimate of drug-likeness (QED) is 0.605. The molecule has 3 N–H and O–H groups in total. The van der Waals surface area contributed by atoms with Gasteiger partial charge in [-0.3, -0.25) is 4.90 Å². The molecule has 0 bridgehead atoms. The number of hydrogen-bond donors (Lipinski definition) is 2. The molecule has 1 heterocycles. The summed E-state index contributed by atoms with van der Waals surface area (Å²) in [6, 6.07) is 13.5. The van der Waals surface area contributed by atoms with E-state index in [1.807, 2.05) is 18.2 Å². The molecule has 0 aromatic heterocycles. The van der Waals surface area contributed by atoms with Crippen molar-refractivity contribution in [3.8, 4) is 11.5 Å². The number of anilines is 1. The Labute approximate surface area is 166 Å². The van der Waals surface area contributed by atoms with Crippen molar-refractivity contribution in [2.75, 3.05) is 12.8 Å². The van der Waals surface area contributed by atoms with Gasteiger partial charge >= 0.3 is 0 Å². The minimum Gasteiger partial charge on any atom is -0.508 e. The second-order valence-electron chi connectivity index (χ2n) is 8.54. The zero-order chi connectivity index (χ0) is 20.4. The van der Waals surface area contributed by atoms with Crippen molar-refractivity contribution in [1.82, 2.24) is 4.90 Å². The molecule has 4 heteroatoms. The highest BCUT2D eigenvalue weighted by Gasteiger charge is 2.53. The summed E-state index contributed by atoms with van der Waals surface area (Å²) >= 11 is 0. The van der Waals surface area contributed by atoms with Crippen LogP contribution in [0.1, 0.15) is 43.0 Å². The summed E-state index contributed by atoms with van der Waals surface area (Å²) in [6.45, 7) is 10.9. The van der Waals surface area contributed by atoms with E-state index in [0.29, 0.717) is 11.4 Å². The lowest BCUT2D eigenvalue weighted by molar-refractivity contribution is -0.0902. The van der Waals surface area contributed by atoms with E-state index < -0.39 is 5.72 Å². The maximum Gasteiger partial charge on any atom is 0.188 e. The highest BCUT2D eigenvalue weighted by Crippen LogP contribution is 2.52. The normalized spacial score (nSPS) is 21.1. The SMILES string of the molecule is Cc1ccc(C)c2c1C(C)(C)N(C)C2(C)Oc1ccc2ccc(O)cc2c1N. The molecule has 1 unspecified atom stereocenters. The fourth-order valence-corrected chi connectivity index (χ4v) is 4.80. The van der Waals surface area contributed by atoms with Crippen LogP contribution in [0.3, 0.4) is 0 Å². The summed E-state index contributed by atoms with van der Waals surface area (Å²) in [6.07, 6.45) is 0. The van der Waals surface area contributed by atoms with Gasteiger partial charge in [0.15, 0.2) is 5.72 Å². The second kappa shape index (κ2) is 5.89. The summed E-state index contributed by atoms with van der Waals surface area (Å²) in [4.78, 5) is 2.27. The lowest BCUT2D eigenvalue weighted by Gasteiger charge is -2.40. The second-order valence-corrected chi connectivity index (χ2v) is 8.54. The van der Waals surface area contributed by atoms with Crippen LogP contribution in [0, 0.1) is 13.8 Å². The Bertz CT molecular complexity index is 1100. The third-order valence-corrected chi connectivity index (χ3v) is 6.49. The summed E-state index contributed by atoms with van der Waals surface area (Å²) in [7, 11) is 2.10. The molecular formula is C24H28N2O2. The minimum absolute atomic E-state index is 0.177. The first-order valence-electron chi connectivity index (χ1n) is 9.62. The molecule has 0 spiro atoms. The molecule has 4 rings (SSSR count). The predicted octanol–water partition coefficient (Wildman–Crippen LogP) is 5.18. The first-order chi connectivity index (χ1) is 13.1. The molecule has 4 nitrogen and oxygen atoms in total. The molecule has 1 aliphatic rings. The standard InChI is InChI=1S/C24H28N2O2/c1-14-7-8-15(2)21-20(14)23(3,4)26(6)24(21,5)28-19-12-10-16-9-11-17(27)13-18(16)22(19)25/h7-13,27H,25H2,1-6H3. The van der Waals surface area contributed by atoms with E-state index in [4.69, 9.17) is 10.5 Å². The lowest BCUT2D eigenvalue weighted by Crippen LogP contribution is -2.48. The maximum absolute atomic E-state index is 9.88. The molecule has 3 aromatic rings. The van der Waals surface area contributed by atoms with Crippen molar-refractivity contribution in [2.24, 2.45) is 0 Å². The van der Waals surface area contributed by atoms with Crippen molar-refractivity contribution in [1.29, 1.82) is 0 Å². The number of fused-ring (bicyclic) bond motifs is 2. The predicted molar refractivity (Wildman–Crippen MR) is 115 cm³/mol. The molecule has 0 fully saturated rings. The molecular weight excluding hydrogens is 348 g/mol. The monoisotopic (exact) mass is 376 g/mol. The summed E-state index contributed by atoms with van der Waals surface area (Å²) in [5.74, 6) is 0.815. The van der Waals surface area contributed by atoms with Crippen LogP contribution < -0.4 is 10.5 Å². The Morgan fingerprint density at radius 1 is 0.929 bits per heavy atom. The van der Waals surface area contributed by atoms with Gasteiger partial charge in [0.2, 0.25) is 0 Å². The molecule has 146 valence electrons. The van der Waals surface area contributed by atoms with Gasteiger partial charge in [0.25, 0.3) is 0 Å². The van der Waals surface area contributed by atoms with Crippen LogP contribution >= 0.6 is 0 Å². The number of nitrogens with two attached hydrogens (primary N) is 1. The van der Waals surface area contributed by atoms with Gasteiger partial charge in [-0.15, -0.1) is 0 Å². The van der Waals surface area contributed by atoms with Crippen LogP contribution in [-0.4, -0.2) is 17.1 Å². The Hall–Kier alpha value is -2.72. The molecule has 0 radical (unpaired) electrons. The highest BCUT2D eigenvalue weighted by molar-refractivity contribution is 5.96. The molecule has 28 heavy (non-hydrogen) atoms. The van der Waals surface area contributed by atoms with Gasteiger partial charge in [-0.05, 0) is 81.9 Å². The van der Waals surface area contributed by atoms with Crippen molar-refractivity contribution in [3.63, 3.8) is 0 Å². The minimum atomic E-state index is -0.659. The molecule has 3 aromatic carbocycles. The average molecular weight is 377 g/mol. The van der Waals surface area contributed by atoms with Crippen LogP contribution in [0.15, 0.2) is 42.5 Å².